The van der Waals surface area contributed by atoms with Crippen LogP contribution in [-0.4, -0.2) is 62.7 Å². The van der Waals surface area contributed by atoms with Gasteiger partial charge in [0.2, 0.25) is 5.76 Å². The summed E-state index contributed by atoms with van der Waals surface area (Å²) in [5.74, 6) is 1.26. The van der Waals surface area contributed by atoms with Crippen molar-refractivity contribution in [2.24, 2.45) is 0 Å². The predicted molar refractivity (Wildman–Crippen MR) is 80.5 cm³/mol. The SMILES string of the molecule is COc1ccc2oc(C(=O)[N+]3(C)CCN(C)CC3)cc2c1. The van der Waals surface area contributed by atoms with Crippen LogP contribution < -0.4 is 4.74 Å². The van der Waals surface area contributed by atoms with E-state index in [1.54, 1.807) is 7.11 Å². The molecule has 112 valence electrons. The molecule has 0 aliphatic carbocycles. The molecule has 21 heavy (non-hydrogen) atoms. The minimum Gasteiger partial charge on any atom is -0.497 e. The molecule has 0 N–H and O–H groups in total. The van der Waals surface area contributed by atoms with Crippen LogP contribution in [0.15, 0.2) is 28.7 Å². The number of furan rings is 1. The van der Waals surface area contributed by atoms with Crippen molar-refractivity contribution >= 4 is 16.9 Å². The molecule has 5 heteroatoms. The zero-order chi connectivity index (χ0) is 15.0. The van der Waals surface area contributed by atoms with E-state index < -0.39 is 0 Å². The lowest BCUT2D eigenvalue weighted by Gasteiger charge is -2.37. The number of rotatable bonds is 2. The third kappa shape index (κ3) is 2.54. The van der Waals surface area contributed by atoms with E-state index in [9.17, 15) is 4.79 Å². The summed E-state index contributed by atoms with van der Waals surface area (Å²) in [6.07, 6.45) is 0. The van der Waals surface area contributed by atoms with Crippen molar-refractivity contribution in [2.75, 3.05) is 47.4 Å². The van der Waals surface area contributed by atoms with Crippen LogP contribution in [0.1, 0.15) is 10.6 Å². The van der Waals surface area contributed by atoms with Gasteiger partial charge in [0.05, 0.1) is 27.2 Å². The topological polar surface area (TPSA) is 42.7 Å². The minimum absolute atomic E-state index is 0.0540. The summed E-state index contributed by atoms with van der Waals surface area (Å²) >= 11 is 0. The monoisotopic (exact) mass is 289 g/mol. The number of fused-ring (bicyclic) bond motifs is 1. The van der Waals surface area contributed by atoms with Gasteiger partial charge in [0.25, 0.3) is 0 Å². The summed E-state index contributed by atoms with van der Waals surface area (Å²) in [6.45, 7) is 3.48. The van der Waals surface area contributed by atoms with Crippen LogP contribution in [-0.2, 0) is 0 Å². The Bertz CT molecular complexity index is 669. The maximum absolute atomic E-state index is 12.8. The van der Waals surface area contributed by atoms with E-state index in [4.69, 9.17) is 9.15 Å². The molecule has 1 aromatic heterocycles. The fourth-order valence-electron chi connectivity index (χ4n) is 2.73. The number of hydrogen-bond donors (Lipinski definition) is 0. The van der Waals surface area contributed by atoms with Crippen molar-refractivity contribution in [3.05, 3.63) is 30.0 Å². The lowest BCUT2D eigenvalue weighted by atomic mass is 10.2. The maximum Gasteiger partial charge on any atom is 0.381 e. The van der Waals surface area contributed by atoms with Gasteiger partial charge in [-0.15, -0.1) is 0 Å². The second-order valence-corrected chi connectivity index (χ2v) is 5.97. The zero-order valence-electron chi connectivity index (χ0n) is 12.8. The zero-order valence-corrected chi connectivity index (χ0v) is 12.8. The standard InChI is InChI=1S/C16H21N2O3/c1-17-6-8-18(2,9-7-17)16(19)15-11-12-10-13(20-3)4-5-14(12)21-15/h4-5,10-11H,6-9H2,1-3H3/q+1. The highest BCUT2D eigenvalue weighted by atomic mass is 16.5. The molecule has 1 aliphatic heterocycles. The molecule has 0 unspecified atom stereocenters. The molecule has 1 fully saturated rings. The van der Waals surface area contributed by atoms with Crippen molar-refractivity contribution < 1.29 is 18.4 Å². The van der Waals surface area contributed by atoms with Gasteiger partial charge in [0.1, 0.15) is 11.3 Å². The molecule has 0 bridgehead atoms. The Balaban J connectivity index is 1.91. The van der Waals surface area contributed by atoms with Crippen molar-refractivity contribution in [1.29, 1.82) is 0 Å². The lowest BCUT2D eigenvalue weighted by molar-refractivity contribution is -0.834. The maximum atomic E-state index is 12.8. The number of ether oxygens (including phenoxy) is 1. The Kier molecular flexibility index (Phi) is 3.47. The summed E-state index contributed by atoms with van der Waals surface area (Å²) in [7, 11) is 5.70. The van der Waals surface area contributed by atoms with Gasteiger partial charge in [-0.3, -0.25) is 9.38 Å². The molecule has 0 atom stereocenters. The van der Waals surface area contributed by atoms with Crippen LogP contribution in [0.5, 0.6) is 5.75 Å². The van der Waals surface area contributed by atoms with Crippen LogP contribution >= 0.6 is 0 Å². The second kappa shape index (κ2) is 5.16. The third-order valence-electron chi connectivity index (χ3n) is 4.38. The van der Waals surface area contributed by atoms with E-state index in [0.29, 0.717) is 10.2 Å². The molecule has 2 heterocycles. The Hall–Kier alpha value is -1.85. The quantitative estimate of drug-likeness (QED) is 0.793. The van der Waals surface area contributed by atoms with Gasteiger partial charge >= 0.3 is 5.91 Å². The van der Waals surface area contributed by atoms with Gasteiger partial charge in [0.15, 0.2) is 0 Å². The van der Waals surface area contributed by atoms with E-state index in [1.165, 1.54) is 0 Å². The van der Waals surface area contributed by atoms with Gasteiger partial charge < -0.3 is 9.15 Å². The fourth-order valence-corrected chi connectivity index (χ4v) is 2.73. The van der Waals surface area contributed by atoms with Crippen LogP contribution in [0.2, 0.25) is 0 Å². The number of benzene rings is 1. The number of hydrogen-bond acceptors (Lipinski definition) is 4. The minimum atomic E-state index is 0.0540. The first-order valence-corrected chi connectivity index (χ1v) is 7.17. The average molecular weight is 289 g/mol. The molecule has 5 nitrogen and oxygen atoms in total. The largest absolute Gasteiger partial charge is 0.497 e. The van der Waals surface area contributed by atoms with Crippen LogP contribution in [0.3, 0.4) is 0 Å². The number of nitrogens with zero attached hydrogens (tertiary/aromatic N) is 2. The number of quaternary nitrogens is 1. The van der Waals surface area contributed by atoms with Crippen molar-refractivity contribution in [3.63, 3.8) is 0 Å². The van der Waals surface area contributed by atoms with Gasteiger partial charge in [-0.25, -0.2) is 4.79 Å². The molecule has 0 radical (unpaired) electrons. The first kappa shape index (κ1) is 14.1. The lowest BCUT2D eigenvalue weighted by Crippen LogP contribution is -2.59. The Labute approximate surface area is 124 Å². The average Bonchev–Trinajstić information content (AvgIpc) is 2.92. The summed E-state index contributed by atoms with van der Waals surface area (Å²) in [5.41, 5.74) is 0.722. The Morgan fingerprint density at radius 1 is 1.29 bits per heavy atom. The van der Waals surface area contributed by atoms with Crippen molar-refractivity contribution in [2.45, 2.75) is 0 Å². The summed E-state index contributed by atoms with van der Waals surface area (Å²) in [4.78, 5) is 15.0. The molecule has 0 spiro atoms. The van der Waals surface area contributed by atoms with Crippen molar-refractivity contribution in [1.82, 2.24) is 4.90 Å². The highest BCUT2D eigenvalue weighted by molar-refractivity contribution is 5.92. The normalized spacial score (nSPS) is 18.8. The van der Waals surface area contributed by atoms with Crippen LogP contribution in [0, 0.1) is 0 Å². The van der Waals surface area contributed by atoms with Gasteiger partial charge in [0, 0.05) is 24.5 Å². The smallest absolute Gasteiger partial charge is 0.381 e. The van der Waals surface area contributed by atoms with Crippen molar-refractivity contribution in [3.8, 4) is 5.75 Å². The molecular weight excluding hydrogens is 268 g/mol. The Morgan fingerprint density at radius 3 is 2.67 bits per heavy atom. The van der Waals surface area contributed by atoms with E-state index in [1.807, 2.05) is 31.3 Å². The molecule has 2 aromatic rings. The van der Waals surface area contributed by atoms with E-state index >= 15 is 0 Å². The fraction of sp³-hybridized carbons (Fsp3) is 0.438. The summed E-state index contributed by atoms with van der Waals surface area (Å²) < 4.78 is 11.3. The molecule has 1 aliphatic rings. The molecule has 1 aromatic carbocycles. The van der Waals surface area contributed by atoms with Gasteiger partial charge in [-0.1, -0.05) is 0 Å². The first-order chi connectivity index (χ1) is 10.0. The van der Waals surface area contributed by atoms with E-state index in [-0.39, 0.29) is 5.91 Å². The first-order valence-electron chi connectivity index (χ1n) is 7.17. The molecule has 3 rings (SSSR count). The van der Waals surface area contributed by atoms with Gasteiger partial charge in [-0.2, -0.15) is 0 Å². The number of piperazine rings is 1. The van der Waals surface area contributed by atoms with Gasteiger partial charge in [-0.05, 0) is 25.2 Å². The Morgan fingerprint density at radius 2 is 2.00 bits per heavy atom. The number of likely N-dealkylation sites (N-methyl/N-ethyl adjacent to an activating group) is 2. The van der Waals surface area contributed by atoms with Crippen LogP contribution in [0.25, 0.3) is 11.0 Å². The predicted octanol–water partition coefficient (Wildman–Crippen LogP) is 1.97. The highest BCUT2D eigenvalue weighted by Crippen LogP contribution is 2.26. The highest BCUT2D eigenvalue weighted by Gasteiger charge is 2.38. The molecular formula is C16H21N2O3+. The summed E-state index contributed by atoms with van der Waals surface area (Å²) in [5, 5.41) is 0.901. The molecule has 1 amide bonds. The van der Waals surface area contributed by atoms with E-state index in [2.05, 4.69) is 11.9 Å². The van der Waals surface area contributed by atoms with E-state index in [0.717, 1.165) is 42.9 Å². The summed E-state index contributed by atoms with van der Waals surface area (Å²) in [6, 6.07) is 7.39. The second-order valence-electron chi connectivity index (χ2n) is 5.97. The third-order valence-corrected chi connectivity index (χ3v) is 4.38. The number of amides is 1. The number of carbonyl (C=O) groups excluding carboxylic acids is 1. The number of methoxy groups -OCH3 is 1. The molecule has 0 saturated carbocycles. The van der Waals surface area contributed by atoms with Crippen LogP contribution in [0.4, 0.5) is 0 Å². The number of carbonyl (C=O) groups is 1. The molecule has 1 saturated heterocycles.